The molecule has 136 valence electrons. The fourth-order valence-corrected chi connectivity index (χ4v) is 3.50. The van der Waals surface area contributed by atoms with E-state index in [1.165, 1.54) is 34.4 Å². The number of aromatic nitrogens is 1. The highest BCUT2D eigenvalue weighted by Crippen LogP contribution is 2.29. The van der Waals surface area contributed by atoms with Crippen molar-refractivity contribution in [3.63, 3.8) is 0 Å². The van der Waals surface area contributed by atoms with Gasteiger partial charge in [0.1, 0.15) is 0 Å². The van der Waals surface area contributed by atoms with Crippen LogP contribution in [0.5, 0.6) is 0 Å². The first-order chi connectivity index (χ1) is 13.0. The fourth-order valence-electron chi connectivity index (χ4n) is 2.66. The van der Waals surface area contributed by atoms with Gasteiger partial charge in [-0.25, -0.2) is 4.98 Å². The van der Waals surface area contributed by atoms with Crippen molar-refractivity contribution >= 4 is 28.1 Å². The van der Waals surface area contributed by atoms with Gasteiger partial charge in [0.2, 0.25) is 0 Å². The van der Waals surface area contributed by atoms with E-state index >= 15 is 0 Å². The Bertz CT molecular complexity index is 999. The lowest BCUT2D eigenvalue weighted by atomic mass is 10.1. The molecule has 3 rings (SSSR count). The molecule has 0 atom stereocenters. The second-order valence-electron chi connectivity index (χ2n) is 5.84. The molecule has 2 aromatic carbocycles. The zero-order chi connectivity index (χ0) is 19.4. The van der Waals surface area contributed by atoms with Crippen LogP contribution in [0.15, 0.2) is 66.6 Å². The van der Waals surface area contributed by atoms with E-state index in [4.69, 9.17) is 0 Å². The van der Waals surface area contributed by atoms with Gasteiger partial charge in [-0.15, -0.1) is 17.9 Å². The van der Waals surface area contributed by atoms with Gasteiger partial charge in [-0.05, 0) is 19.1 Å². The Morgan fingerprint density at radius 2 is 2.04 bits per heavy atom. The van der Waals surface area contributed by atoms with Gasteiger partial charge in [0, 0.05) is 34.7 Å². The number of nitrogens with zero attached hydrogens (tertiary/aromatic N) is 3. The molecule has 7 heteroatoms. The first kappa shape index (κ1) is 18.5. The molecule has 27 heavy (non-hydrogen) atoms. The topological polar surface area (TPSA) is 76.3 Å². The highest BCUT2D eigenvalue weighted by molar-refractivity contribution is 7.14. The highest BCUT2D eigenvalue weighted by Gasteiger charge is 2.22. The summed E-state index contributed by atoms with van der Waals surface area (Å²) in [6.07, 6.45) is 1.62. The van der Waals surface area contributed by atoms with Gasteiger partial charge in [0.15, 0.2) is 5.13 Å². The fraction of sp³-hybridized carbons (Fsp3) is 0.100. The van der Waals surface area contributed by atoms with Crippen molar-refractivity contribution in [1.82, 2.24) is 4.98 Å². The van der Waals surface area contributed by atoms with Crippen LogP contribution >= 0.6 is 11.3 Å². The molecular formula is C20H17N3O3S. The Balaban J connectivity index is 1.93. The molecule has 0 saturated carbocycles. The minimum absolute atomic E-state index is 0.0116. The monoisotopic (exact) mass is 379 g/mol. The molecule has 0 N–H and O–H groups in total. The largest absolute Gasteiger partial charge is 0.280 e. The average molecular weight is 379 g/mol. The minimum atomic E-state index is -0.460. The number of nitro groups is 1. The van der Waals surface area contributed by atoms with Crippen LogP contribution in [0.3, 0.4) is 0 Å². The Morgan fingerprint density at radius 1 is 1.30 bits per heavy atom. The molecule has 1 aromatic heterocycles. The zero-order valence-electron chi connectivity index (χ0n) is 14.7. The van der Waals surface area contributed by atoms with Gasteiger partial charge in [-0.1, -0.05) is 36.4 Å². The summed E-state index contributed by atoms with van der Waals surface area (Å²) >= 11 is 1.37. The molecule has 0 fully saturated rings. The molecule has 0 bridgehead atoms. The van der Waals surface area contributed by atoms with Crippen LogP contribution in [-0.4, -0.2) is 22.4 Å². The number of carbonyl (C=O) groups excluding carboxylic acids is 1. The molecule has 0 aliphatic heterocycles. The van der Waals surface area contributed by atoms with Crippen LogP contribution in [0.25, 0.3) is 11.3 Å². The van der Waals surface area contributed by atoms with Crippen LogP contribution in [0.1, 0.15) is 15.9 Å². The summed E-state index contributed by atoms with van der Waals surface area (Å²) in [5.41, 5.74) is 2.56. The third kappa shape index (κ3) is 3.93. The second kappa shape index (κ2) is 7.92. The van der Waals surface area contributed by atoms with Crippen molar-refractivity contribution in [3.05, 3.63) is 87.8 Å². The van der Waals surface area contributed by atoms with E-state index in [1.807, 2.05) is 35.7 Å². The maximum Gasteiger partial charge on any atom is 0.272 e. The number of amides is 1. The Kier molecular flexibility index (Phi) is 5.42. The van der Waals surface area contributed by atoms with Gasteiger partial charge < -0.3 is 0 Å². The Labute approximate surface area is 160 Å². The summed E-state index contributed by atoms with van der Waals surface area (Å²) in [7, 11) is 0. The first-order valence-corrected chi connectivity index (χ1v) is 9.08. The van der Waals surface area contributed by atoms with E-state index in [-0.39, 0.29) is 18.1 Å². The summed E-state index contributed by atoms with van der Waals surface area (Å²) in [5.74, 6) is -0.276. The number of benzene rings is 2. The normalized spacial score (nSPS) is 10.4. The summed E-state index contributed by atoms with van der Waals surface area (Å²) in [5, 5.41) is 13.4. The quantitative estimate of drug-likeness (QED) is 0.348. The van der Waals surface area contributed by atoms with Crippen molar-refractivity contribution in [1.29, 1.82) is 0 Å². The Morgan fingerprint density at radius 3 is 2.67 bits per heavy atom. The predicted molar refractivity (Wildman–Crippen MR) is 107 cm³/mol. The van der Waals surface area contributed by atoms with Gasteiger partial charge in [0.05, 0.1) is 10.6 Å². The van der Waals surface area contributed by atoms with Gasteiger partial charge in [-0.3, -0.25) is 19.8 Å². The lowest BCUT2D eigenvalue weighted by Gasteiger charge is -2.18. The number of anilines is 1. The van der Waals surface area contributed by atoms with Crippen LogP contribution < -0.4 is 4.90 Å². The molecule has 0 aliphatic rings. The van der Waals surface area contributed by atoms with E-state index in [2.05, 4.69) is 11.6 Å². The van der Waals surface area contributed by atoms with E-state index in [0.717, 1.165) is 11.3 Å². The summed E-state index contributed by atoms with van der Waals surface area (Å²) in [4.78, 5) is 29.6. The average Bonchev–Trinajstić information content (AvgIpc) is 3.15. The standard InChI is InChI=1S/C20H17N3O3S/c1-3-11-22(19(24)16-9-10-18(23(25)26)14(2)12-16)20-21-17(13-27-20)15-7-5-4-6-8-15/h3-10,12-13H,1,11H2,2H3. The van der Waals surface area contributed by atoms with E-state index in [9.17, 15) is 14.9 Å². The van der Waals surface area contributed by atoms with Gasteiger partial charge >= 0.3 is 0 Å². The maximum absolute atomic E-state index is 13.0. The third-order valence-electron chi connectivity index (χ3n) is 3.99. The lowest BCUT2D eigenvalue weighted by molar-refractivity contribution is -0.385. The van der Waals surface area contributed by atoms with Crippen molar-refractivity contribution in [2.24, 2.45) is 0 Å². The molecule has 6 nitrogen and oxygen atoms in total. The van der Waals surface area contributed by atoms with E-state index < -0.39 is 4.92 Å². The van der Waals surface area contributed by atoms with Crippen molar-refractivity contribution in [2.75, 3.05) is 11.4 Å². The molecule has 1 amide bonds. The van der Waals surface area contributed by atoms with Crippen molar-refractivity contribution in [2.45, 2.75) is 6.92 Å². The number of carbonyl (C=O) groups is 1. The number of thiazole rings is 1. The number of aryl methyl sites for hydroxylation is 1. The number of rotatable bonds is 6. The van der Waals surface area contributed by atoms with E-state index in [1.54, 1.807) is 13.0 Å². The molecule has 1 heterocycles. The van der Waals surface area contributed by atoms with Crippen molar-refractivity contribution < 1.29 is 9.72 Å². The minimum Gasteiger partial charge on any atom is -0.280 e. The summed E-state index contributed by atoms with van der Waals surface area (Å²) in [6, 6.07) is 14.1. The molecule has 0 radical (unpaired) electrons. The molecule has 0 aliphatic carbocycles. The third-order valence-corrected chi connectivity index (χ3v) is 4.85. The lowest BCUT2D eigenvalue weighted by Crippen LogP contribution is -2.31. The summed E-state index contributed by atoms with van der Waals surface area (Å²) in [6.45, 7) is 5.62. The van der Waals surface area contributed by atoms with Crippen molar-refractivity contribution in [3.8, 4) is 11.3 Å². The smallest absolute Gasteiger partial charge is 0.272 e. The van der Waals surface area contributed by atoms with Crippen LogP contribution in [-0.2, 0) is 0 Å². The first-order valence-electron chi connectivity index (χ1n) is 8.20. The van der Waals surface area contributed by atoms with E-state index in [0.29, 0.717) is 16.3 Å². The van der Waals surface area contributed by atoms with Crippen LogP contribution in [0.4, 0.5) is 10.8 Å². The SMILES string of the molecule is C=CCN(C(=O)c1ccc([N+](=O)[O-])c(C)c1)c1nc(-c2ccccc2)cs1. The predicted octanol–water partition coefficient (Wildman–Crippen LogP) is 4.86. The zero-order valence-corrected chi connectivity index (χ0v) is 15.5. The van der Waals surface area contributed by atoms with Crippen LogP contribution in [0.2, 0.25) is 0 Å². The Hall–Kier alpha value is -3.32. The number of hydrogen-bond acceptors (Lipinski definition) is 5. The van der Waals surface area contributed by atoms with Gasteiger partial charge in [0.25, 0.3) is 11.6 Å². The molecule has 0 saturated heterocycles. The molecule has 3 aromatic rings. The number of hydrogen-bond donors (Lipinski definition) is 0. The number of nitro benzene ring substituents is 1. The summed E-state index contributed by atoms with van der Waals surface area (Å²) < 4.78 is 0. The van der Waals surface area contributed by atoms with Gasteiger partial charge in [-0.2, -0.15) is 0 Å². The maximum atomic E-state index is 13.0. The second-order valence-corrected chi connectivity index (χ2v) is 6.68. The molecule has 0 spiro atoms. The molecular weight excluding hydrogens is 362 g/mol. The molecule has 0 unspecified atom stereocenters. The highest BCUT2D eigenvalue weighted by atomic mass is 32.1. The van der Waals surface area contributed by atoms with Crippen LogP contribution in [0, 0.1) is 17.0 Å².